The van der Waals surface area contributed by atoms with Crippen LogP contribution in [0, 0.1) is 5.82 Å². The predicted octanol–water partition coefficient (Wildman–Crippen LogP) is 5.10. The summed E-state index contributed by atoms with van der Waals surface area (Å²) in [5, 5.41) is 3.33. The number of carbonyl (C=O) groups is 1. The summed E-state index contributed by atoms with van der Waals surface area (Å²) in [5.74, 6) is -0.577. The lowest BCUT2D eigenvalue weighted by Crippen LogP contribution is -2.28. The Hall–Kier alpha value is -2.36. The van der Waals surface area contributed by atoms with E-state index in [1.807, 2.05) is 51.1 Å². The number of esters is 1. The van der Waals surface area contributed by atoms with Crippen LogP contribution in [0.15, 0.2) is 54.6 Å². The van der Waals surface area contributed by atoms with Crippen LogP contribution in [0.5, 0.6) is 0 Å². The van der Waals surface area contributed by atoms with Crippen LogP contribution in [0.4, 0.5) is 10.1 Å². The van der Waals surface area contributed by atoms with Crippen LogP contribution in [0.3, 0.4) is 0 Å². The Kier molecular flexibility index (Phi) is 5.96. The zero-order valence-corrected chi connectivity index (χ0v) is 14.4. The highest BCUT2D eigenvalue weighted by Crippen LogP contribution is 2.25. The van der Waals surface area contributed by atoms with E-state index in [9.17, 15) is 9.18 Å². The summed E-state index contributed by atoms with van der Waals surface area (Å²) >= 11 is 0. The number of ether oxygens (including phenoxy) is 1. The molecule has 2 aromatic carbocycles. The van der Waals surface area contributed by atoms with Crippen LogP contribution < -0.4 is 5.32 Å². The van der Waals surface area contributed by atoms with Crippen molar-refractivity contribution in [2.45, 2.75) is 45.3 Å². The second kappa shape index (κ2) is 7.95. The highest BCUT2D eigenvalue weighted by Gasteiger charge is 2.24. The molecule has 0 radical (unpaired) electrons. The third kappa shape index (κ3) is 5.37. The number of para-hydroxylation sites is 1. The highest BCUT2D eigenvalue weighted by atomic mass is 19.1. The maximum atomic E-state index is 13.2. The van der Waals surface area contributed by atoms with E-state index >= 15 is 0 Å². The maximum Gasteiger partial charge on any atom is 0.308 e. The topological polar surface area (TPSA) is 38.3 Å². The second-order valence-electron chi connectivity index (χ2n) is 6.41. The van der Waals surface area contributed by atoms with Crippen LogP contribution in [0.2, 0.25) is 0 Å². The number of nitrogens with one attached hydrogen (secondary N) is 1. The summed E-state index contributed by atoms with van der Waals surface area (Å²) in [6.07, 6.45) is 0.913. The van der Waals surface area contributed by atoms with Crippen molar-refractivity contribution < 1.29 is 13.9 Å². The fourth-order valence-corrected chi connectivity index (χ4v) is 2.27. The van der Waals surface area contributed by atoms with Gasteiger partial charge in [-0.05, 0) is 50.1 Å². The Balaban J connectivity index is 2.16. The number of halogens is 1. The molecule has 0 aliphatic carbocycles. The van der Waals surface area contributed by atoms with Gasteiger partial charge in [0.1, 0.15) is 11.4 Å². The van der Waals surface area contributed by atoms with Crippen molar-refractivity contribution in [3.63, 3.8) is 0 Å². The van der Waals surface area contributed by atoms with Gasteiger partial charge in [-0.2, -0.15) is 0 Å². The van der Waals surface area contributed by atoms with Crippen molar-refractivity contribution in [2.75, 3.05) is 5.32 Å². The van der Waals surface area contributed by atoms with Crippen molar-refractivity contribution in [3.05, 3.63) is 66.0 Å². The van der Waals surface area contributed by atoms with E-state index in [2.05, 4.69) is 5.32 Å². The third-order valence-electron chi connectivity index (χ3n) is 4.00. The number of benzene rings is 2. The van der Waals surface area contributed by atoms with E-state index in [1.165, 1.54) is 12.1 Å². The van der Waals surface area contributed by atoms with Crippen molar-refractivity contribution in [1.82, 2.24) is 0 Å². The lowest BCUT2D eigenvalue weighted by molar-refractivity contribution is -0.157. The Bertz CT molecular complexity index is 653. The molecule has 1 N–H and O–H groups in total. The average Bonchev–Trinajstić information content (AvgIpc) is 2.55. The van der Waals surface area contributed by atoms with Crippen LogP contribution in [0.1, 0.15) is 45.2 Å². The molecule has 0 saturated carbocycles. The molecule has 0 aromatic heterocycles. The molecule has 2 aromatic rings. The number of carbonyl (C=O) groups excluding carboxylic acids is 1. The SMILES string of the molecule is CCC(C)(C)OC(=O)CC(Nc1ccccc1)c1ccc(F)cc1. The molecular formula is C20H24FNO2. The van der Waals surface area contributed by atoms with Crippen molar-refractivity contribution in [2.24, 2.45) is 0 Å². The minimum atomic E-state index is -0.489. The van der Waals surface area contributed by atoms with Gasteiger partial charge in [0, 0.05) is 5.69 Å². The third-order valence-corrected chi connectivity index (χ3v) is 4.00. The van der Waals surface area contributed by atoms with Crippen molar-refractivity contribution in [1.29, 1.82) is 0 Å². The molecule has 0 spiro atoms. The molecule has 0 amide bonds. The summed E-state index contributed by atoms with van der Waals surface area (Å²) in [5.41, 5.74) is 1.25. The monoisotopic (exact) mass is 329 g/mol. The van der Waals surface area contributed by atoms with Gasteiger partial charge in [-0.15, -0.1) is 0 Å². The molecule has 0 bridgehead atoms. The normalized spacial score (nSPS) is 12.5. The van der Waals surface area contributed by atoms with Gasteiger partial charge >= 0.3 is 5.97 Å². The average molecular weight is 329 g/mol. The number of rotatable bonds is 7. The highest BCUT2D eigenvalue weighted by molar-refractivity contribution is 5.71. The Morgan fingerprint density at radius 1 is 1.12 bits per heavy atom. The fourth-order valence-electron chi connectivity index (χ4n) is 2.27. The largest absolute Gasteiger partial charge is 0.460 e. The first-order chi connectivity index (χ1) is 11.4. The summed E-state index contributed by atoms with van der Waals surface area (Å²) in [6.45, 7) is 5.76. The van der Waals surface area contributed by atoms with Gasteiger partial charge in [-0.1, -0.05) is 37.3 Å². The van der Waals surface area contributed by atoms with E-state index in [0.29, 0.717) is 0 Å². The van der Waals surface area contributed by atoms with Crippen LogP contribution in [0.25, 0.3) is 0 Å². The van der Waals surface area contributed by atoms with E-state index < -0.39 is 5.60 Å². The van der Waals surface area contributed by atoms with Gasteiger partial charge in [0.15, 0.2) is 0 Å². The van der Waals surface area contributed by atoms with Crippen LogP contribution in [-0.2, 0) is 9.53 Å². The maximum absolute atomic E-state index is 13.2. The number of hydrogen-bond donors (Lipinski definition) is 1. The summed E-state index contributed by atoms with van der Waals surface area (Å²) in [4.78, 5) is 12.3. The van der Waals surface area contributed by atoms with Gasteiger partial charge in [0.05, 0.1) is 12.5 Å². The molecule has 0 heterocycles. The van der Waals surface area contributed by atoms with Gasteiger partial charge in [0.2, 0.25) is 0 Å². The lowest BCUT2D eigenvalue weighted by atomic mass is 10.0. The van der Waals surface area contributed by atoms with E-state index in [-0.39, 0.29) is 24.2 Å². The first kappa shape index (κ1) is 18.0. The molecule has 4 heteroatoms. The van der Waals surface area contributed by atoms with Crippen LogP contribution in [-0.4, -0.2) is 11.6 Å². The summed E-state index contributed by atoms with van der Waals surface area (Å²) < 4.78 is 18.7. The van der Waals surface area contributed by atoms with Gasteiger partial charge < -0.3 is 10.1 Å². The molecule has 24 heavy (non-hydrogen) atoms. The Labute approximate surface area is 142 Å². The van der Waals surface area contributed by atoms with Gasteiger partial charge in [-0.25, -0.2) is 4.39 Å². The van der Waals surface area contributed by atoms with Gasteiger partial charge in [0.25, 0.3) is 0 Å². The molecule has 128 valence electrons. The van der Waals surface area contributed by atoms with Gasteiger partial charge in [-0.3, -0.25) is 4.79 Å². The first-order valence-corrected chi connectivity index (χ1v) is 8.18. The molecule has 3 nitrogen and oxygen atoms in total. The molecule has 0 saturated heterocycles. The van der Waals surface area contributed by atoms with Crippen molar-refractivity contribution in [3.8, 4) is 0 Å². The molecule has 2 rings (SSSR count). The first-order valence-electron chi connectivity index (χ1n) is 8.18. The lowest BCUT2D eigenvalue weighted by Gasteiger charge is -2.26. The summed E-state index contributed by atoms with van der Waals surface area (Å²) in [6, 6.07) is 15.5. The molecule has 1 atom stereocenters. The van der Waals surface area contributed by atoms with E-state index in [4.69, 9.17) is 4.74 Å². The molecule has 0 aliphatic heterocycles. The molecule has 1 unspecified atom stereocenters. The molecule has 0 fully saturated rings. The van der Waals surface area contributed by atoms with E-state index in [1.54, 1.807) is 12.1 Å². The fraction of sp³-hybridized carbons (Fsp3) is 0.350. The number of hydrogen-bond acceptors (Lipinski definition) is 3. The number of anilines is 1. The smallest absolute Gasteiger partial charge is 0.308 e. The Morgan fingerprint density at radius 3 is 2.33 bits per heavy atom. The molecular weight excluding hydrogens is 305 g/mol. The van der Waals surface area contributed by atoms with Crippen LogP contribution >= 0.6 is 0 Å². The minimum Gasteiger partial charge on any atom is -0.460 e. The zero-order chi connectivity index (χ0) is 17.6. The molecule has 0 aliphatic rings. The van der Waals surface area contributed by atoms with Crippen molar-refractivity contribution >= 4 is 11.7 Å². The minimum absolute atomic E-state index is 0.171. The van der Waals surface area contributed by atoms with E-state index in [0.717, 1.165) is 17.7 Å². The standard InChI is InChI=1S/C20H24FNO2/c1-4-20(2,3)24-19(23)14-18(15-10-12-16(21)13-11-15)22-17-8-6-5-7-9-17/h5-13,18,22H,4,14H2,1-3H3. The Morgan fingerprint density at radius 2 is 1.75 bits per heavy atom. The second-order valence-corrected chi connectivity index (χ2v) is 6.41. The zero-order valence-electron chi connectivity index (χ0n) is 14.4. The quantitative estimate of drug-likeness (QED) is 0.718. The summed E-state index contributed by atoms with van der Waals surface area (Å²) in [7, 11) is 0. The predicted molar refractivity (Wildman–Crippen MR) is 94.3 cm³/mol.